The zero-order chi connectivity index (χ0) is 24.7. The van der Waals surface area contributed by atoms with E-state index in [0.29, 0.717) is 31.2 Å². The minimum absolute atomic E-state index is 0.0289. The number of aliphatic hydroxyl groups is 1. The van der Waals surface area contributed by atoms with Crippen molar-refractivity contribution in [1.29, 1.82) is 0 Å². The molecule has 0 heterocycles. The van der Waals surface area contributed by atoms with Gasteiger partial charge < -0.3 is 9.84 Å². The molecule has 3 aromatic rings. The average Bonchev–Trinajstić information content (AvgIpc) is 2.83. The SMILES string of the molecule is C=CCCOc1ccc(-c2ccc(CCc3ccc(C(O)CCC)c(F)c3F)cc2)c(F)c1F. The molecule has 0 aliphatic heterocycles. The Labute approximate surface area is 197 Å². The number of aryl methyl sites for hydroxylation is 2. The zero-order valence-corrected chi connectivity index (χ0v) is 19.1. The summed E-state index contributed by atoms with van der Waals surface area (Å²) in [5.74, 6) is -4.15. The predicted octanol–water partition coefficient (Wildman–Crippen LogP) is 7.48. The number of rotatable bonds is 11. The van der Waals surface area contributed by atoms with E-state index < -0.39 is 29.4 Å². The molecule has 1 atom stereocenters. The lowest BCUT2D eigenvalue weighted by molar-refractivity contribution is 0.160. The van der Waals surface area contributed by atoms with Crippen molar-refractivity contribution in [1.82, 2.24) is 0 Å². The zero-order valence-electron chi connectivity index (χ0n) is 19.1. The van der Waals surface area contributed by atoms with Gasteiger partial charge in [0.25, 0.3) is 0 Å². The van der Waals surface area contributed by atoms with Gasteiger partial charge in [-0.05, 0) is 54.5 Å². The second-order valence-corrected chi connectivity index (χ2v) is 8.11. The van der Waals surface area contributed by atoms with Crippen LogP contribution in [0.4, 0.5) is 17.6 Å². The molecule has 0 saturated heterocycles. The molecule has 2 nitrogen and oxygen atoms in total. The Balaban J connectivity index is 1.69. The summed E-state index contributed by atoms with van der Waals surface area (Å²) < 4.78 is 63.0. The van der Waals surface area contributed by atoms with Crippen molar-refractivity contribution in [3.8, 4) is 16.9 Å². The standard InChI is InChI=1S/C28H28F4O2/c1-3-5-17-34-24-16-15-21(26(30)28(24)32)19-10-7-18(8-11-19)9-12-20-13-14-22(23(33)6-4-2)27(31)25(20)29/h3,7-8,10-11,13-16,23,33H,1,4-6,9,12,17H2,2H3. The van der Waals surface area contributed by atoms with Gasteiger partial charge in [0, 0.05) is 11.1 Å². The molecule has 1 unspecified atom stereocenters. The topological polar surface area (TPSA) is 29.5 Å². The van der Waals surface area contributed by atoms with Gasteiger partial charge in [-0.25, -0.2) is 13.2 Å². The molecule has 0 saturated carbocycles. The molecule has 0 spiro atoms. The van der Waals surface area contributed by atoms with E-state index in [1.807, 2.05) is 6.92 Å². The summed E-state index contributed by atoms with van der Waals surface area (Å²) in [4.78, 5) is 0. The number of halogens is 4. The van der Waals surface area contributed by atoms with Gasteiger partial charge in [0.2, 0.25) is 5.82 Å². The third kappa shape index (κ3) is 5.86. The fourth-order valence-electron chi connectivity index (χ4n) is 3.73. The van der Waals surface area contributed by atoms with Crippen LogP contribution in [0.15, 0.2) is 61.2 Å². The molecule has 0 fully saturated rings. The predicted molar refractivity (Wildman–Crippen MR) is 126 cm³/mol. The first-order chi connectivity index (χ1) is 16.4. The molecule has 0 aromatic heterocycles. The normalized spacial score (nSPS) is 11.9. The third-order valence-corrected chi connectivity index (χ3v) is 5.69. The van der Waals surface area contributed by atoms with Crippen molar-refractivity contribution in [3.05, 3.63) is 101 Å². The first-order valence-corrected chi connectivity index (χ1v) is 11.3. The Bertz CT molecular complexity index is 1130. The van der Waals surface area contributed by atoms with Gasteiger partial charge in [0.05, 0.1) is 12.7 Å². The van der Waals surface area contributed by atoms with Crippen LogP contribution in [0.2, 0.25) is 0 Å². The lowest BCUT2D eigenvalue weighted by atomic mass is 9.97. The molecule has 0 amide bonds. The van der Waals surface area contributed by atoms with E-state index in [1.54, 1.807) is 30.3 Å². The Morgan fingerprint density at radius 2 is 1.62 bits per heavy atom. The van der Waals surface area contributed by atoms with E-state index in [1.165, 1.54) is 24.3 Å². The number of aliphatic hydroxyl groups excluding tert-OH is 1. The summed E-state index contributed by atoms with van der Waals surface area (Å²) in [6, 6.07) is 12.6. The number of benzene rings is 3. The van der Waals surface area contributed by atoms with Crippen molar-refractivity contribution in [2.24, 2.45) is 0 Å². The highest BCUT2D eigenvalue weighted by Crippen LogP contribution is 2.31. The van der Waals surface area contributed by atoms with Crippen LogP contribution < -0.4 is 4.74 Å². The summed E-state index contributed by atoms with van der Waals surface area (Å²) in [6.45, 7) is 5.62. The molecule has 1 N–H and O–H groups in total. The van der Waals surface area contributed by atoms with Gasteiger partial charge >= 0.3 is 0 Å². The Kier molecular flexibility index (Phi) is 8.88. The molecular weight excluding hydrogens is 444 g/mol. The maximum absolute atomic E-state index is 14.6. The van der Waals surface area contributed by atoms with E-state index >= 15 is 0 Å². The van der Waals surface area contributed by atoms with Gasteiger partial charge in [-0.3, -0.25) is 0 Å². The number of hydrogen-bond donors (Lipinski definition) is 1. The highest BCUT2D eigenvalue weighted by molar-refractivity contribution is 5.65. The molecule has 0 bridgehead atoms. The highest BCUT2D eigenvalue weighted by atomic mass is 19.2. The summed E-state index contributed by atoms with van der Waals surface area (Å²) >= 11 is 0. The van der Waals surface area contributed by atoms with Crippen LogP contribution in [0.3, 0.4) is 0 Å². The quantitative estimate of drug-likeness (QED) is 0.178. The Morgan fingerprint density at radius 1 is 0.882 bits per heavy atom. The van der Waals surface area contributed by atoms with E-state index in [-0.39, 0.29) is 35.5 Å². The van der Waals surface area contributed by atoms with Gasteiger partial charge in [-0.1, -0.05) is 55.8 Å². The molecule has 0 aliphatic rings. The van der Waals surface area contributed by atoms with Crippen molar-refractivity contribution < 1.29 is 27.4 Å². The maximum atomic E-state index is 14.6. The second-order valence-electron chi connectivity index (χ2n) is 8.11. The third-order valence-electron chi connectivity index (χ3n) is 5.69. The van der Waals surface area contributed by atoms with Crippen LogP contribution in [-0.2, 0) is 12.8 Å². The fraction of sp³-hybridized carbons (Fsp3) is 0.286. The van der Waals surface area contributed by atoms with Gasteiger partial charge in [0.15, 0.2) is 23.2 Å². The summed E-state index contributed by atoms with van der Waals surface area (Å²) in [5.41, 5.74) is 1.62. The van der Waals surface area contributed by atoms with Crippen molar-refractivity contribution in [3.63, 3.8) is 0 Å². The van der Waals surface area contributed by atoms with Gasteiger partial charge in [0.1, 0.15) is 0 Å². The van der Waals surface area contributed by atoms with Crippen LogP contribution in [0.1, 0.15) is 49.0 Å². The fourth-order valence-corrected chi connectivity index (χ4v) is 3.73. The second kappa shape index (κ2) is 11.8. The monoisotopic (exact) mass is 472 g/mol. The molecule has 6 heteroatoms. The number of ether oxygens (including phenoxy) is 1. The van der Waals surface area contributed by atoms with Crippen LogP contribution in [0.25, 0.3) is 11.1 Å². The van der Waals surface area contributed by atoms with E-state index in [2.05, 4.69) is 6.58 Å². The lowest BCUT2D eigenvalue weighted by Crippen LogP contribution is -2.06. The molecule has 3 aromatic carbocycles. The summed E-state index contributed by atoms with van der Waals surface area (Å²) in [6.07, 6.45) is 2.82. The smallest absolute Gasteiger partial charge is 0.201 e. The Morgan fingerprint density at radius 3 is 2.29 bits per heavy atom. The summed E-state index contributed by atoms with van der Waals surface area (Å²) in [7, 11) is 0. The number of hydrogen-bond acceptors (Lipinski definition) is 2. The van der Waals surface area contributed by atoms with Crippen LogP contribution in [0, 0.1) is 23.3 Å². The lowest BCUT2D eigenvalue weighted by Gasteiger charge is -2.13. The van der Waals surface area contributed by atoms with Crippen molar-refractivity contribution in [2.75, 3.05) is 6.61 Å². The molecule has 34 heavy (non-hydrogen) atoms. The van der Waals surface area contributed by atoms with Crippen LogP contribution in [-0.4, -0.2) is 11.7 Å². The van der Waals surface area contributed by atoms with Crippen LogP contribution in [0.5, 0.6) is 5.75 Å². The average molecular weight is 473 g/mol. The highest BCUT2D eigenvalue weighted by Gasteiger charge is 2.19. The van der Waals surface area contributed by atoms with E-state index in [4.69, 9.17) is 4.74 Å². The van der Waals surface area contributed by atoms with Crippen molar-refractivity contribution in [2.45, 2.75) is 45.1 Å². The first-order valence-electron chi connectivity index (χ1n) is 11.3. The van der Waals surface area contributed by atoms with Crippen molar-refractivity contribution >= 4 is 0 Å². The van der Waals surface area contributed by atoms with E-state index in [9.17, 15) is 22.7 Å². The van der Waals surface area contributed by atoms with Gasteiger partial charge in [-0.15, -0.1) is 6.58 Å². The molecule has 0 aliphatic carbocycles. The molecule has 3 rings (SSSR count). The van der Waals surface area contributed by atoms with Crippen LogP contribution >= 0.6 is 0 Å². The first kappa shape index (κ1) is 25.5. The van der Waals surface area contributed by atoms with Gasteiger partial charge in [-0.2, -0.15) is 4.39 Å². The Hall–Kier alpha value is -3.12. The maximum Gasteiger partial charge on any atom is 0.201 e. The summed E-state index contributed by atoms with van der Waals surface area (Å²) in [5, 5.41) is 9.98. The minimum Gasteiger partial charge on any atom is -0.490 e. The minimum atomic E-state index is -1.05. The molecule has 0 radical (unpaired) electrons. The van der Waals surface area contributed by atoms with E-state index in [0.717, 1.165) is 5.56 Å². The molecular formula is C28H28F4O2. The molecule has 180 valence electrons. The largest absolute Gasteiger partial charge is 0.490 e.